The van der Waals surface area contributed by atoms with Gasteiger partial charge in [-0.25, -0.2) is 23.1 Å². The van der Waals surface area contributed by atoms with Crippen molar-refractivity contribution in [1.29, 1.82) is 0 Å². The van der Waals surface area contributed by atoms with Crippen LogP contribution in [0.15, 0.2) is 18.2 Å². The molecule has 1 saturated heterocycles. The minimum atomic E-state index is -3.94. The van der Waals surface area contributed by atoms with Crippen molar-refractivity contribution in [3.8, 4) is 0 Å². The van der Waals surface area contributed by atoms with Crippen LogP contribution >= 0.6 is 0 Å². The molecule has 9 nitrogen and oxygen atoms in total. The number of carbonyl (C=O) groups is 3. The molecule has 1 amide bonds. The van der Waals surface area contributed by atoms with E-state index in [0.717, 1.165) is 18.1 Å². The zero-order valence-electron chi connectivity index (χ0n) is 12.1. The summed E-state index contributed by atoms with van der Waals surface area (Å²) in [5.41, 5.74) is -0.215. The molecule has 2 rings (SSSR count). The maximum atomic E-state index is 12.1. The first-order valence-corrected chi connectivity index (χ1v) is 8.03. The van der Waals surface area contributed by atoms with Gasteiger partial charge in [0, 0.05) is 13.0 Å². The molecule has 0 aliphatic carbocycles. The first kappa shape index (κ1) is 16.9. The number of amides is 1. The lowest BCUT2D eigenvalue weighted by Crippen LogP contribution is -2.32. The molecule has 0 bridgehead atoms. The molecule has 1 unspecified atom stereocenters. The van der Waals surface area contributed by atoms with Crippen LogP contribution < -0.4 is 10.0 Å². The van der Waals surface area contributed by atoms with Gasteiger partial charge in [-0.2, -0.15) is 0 Å². The number of carboxylic acid groups (broad SMARTS) is 1. The van der Waals surface area contributed by atoms with Crippen molar-refractivity contribution in [1.82, 2.24) is 0 Å². The van der Waals surface area contributed by atoms with Gasteiger partial charge >= 0.3 is 11.9 Å². The highest BCUT2D eigenvalue weighted by atomic mass is 32.2. The van der Waals surface area contributed by atoms with Crippen LogP contribution in [0.25, 0.3) is 0 Å². The predicted molar refractivity (Wildman–Crippen MR) is 78.6 cm³/mol. The lowest BCUT2D eigenvalue weighted by atomic mass is 10.1. The summed E-state index contributed by atoms with van der Waals surface area (Å²) in [5.74, 6) is -2.60. The fourth-order valence-corrected chi connectivity index (χ4v) is 3.03. The number of carboxylic acids is 1. The van der Waals surface area contributed by atoms with Crippen LogP contribution in [0.4, 0.5) is 5.69 Å². The van der Waals surface area contributed by atoms with Crippen molar-refractivity contribution in [2.24, 2.45) is 5.14 Å². The maximum Gasteiger partial charge on any atom is 0.339 e. The summed E-state index contributed by atoms with van der Waals surface area (Å²) < 4.78 is 27.4. The van der Waals surface area contributed by atoms with Gasteiger partial charge < -0.3 is 14.7 Å². The molecule has 10 heteroatoms. The number of esters is 1. The third kappa shape index (κ3) is 3.32. The number of sulfonamides is 1. The average Bonchev–Trinajstić information content (AvgIpc) is 2.87. The van der Waals surface area contributed by atoms with Gasteiger partial charge in [0.1, 0.15) is 5.25 Å². The number of nitrogens with two attached hydrogens (primary N) is 1. The predicted octanol–water partition coefficient (Wildman–Crippen LogP) is -0.435. The number of primary sulfonamides is 1. The number of anilines is 1. The van der Waals surface area contributed by atoms with Crippen LogP contribution in [0.2, 0.25) is 0 Å². The Morgan fingerprint density at radius 3 is 2.52 bits per heavy atom. The SMILES string of the molecule is COC(=O)c1ccc(C(=O)O)cc1N1CC(S(N)(=O)=O)CC1=O. The minimum absolute atomic E-state index is 0.0205. The second kappa shape index (κ2) is 5.97. The number of benzene rings is 1. The van der Waals surface area contributed by atoms with Crippen LogP contribution in [0, 0.1) is 0 Å². The molecule has 1 aliphatic rings. The highest BCUT2D eigenvalue weighted by Gasteiger charge is 2.38. The Bertz CT molecular complexity index is 788. The van der Waals surface area contributed by atoms with Gasteiger partial charge in [0.15, 0.2) is 0 Å². The molecule has 1 fully saturated rings. The highest BCUT2D eigenvalue weighted by molar-refractivity contribution is 7.89. The molecular weight excluding hydrogens is 328 g/mol. The summed E-state index contributed by atoms with van der Waals surface area (Å²) in [5, 5.41) is 13.0. The Labute approximate surface area is 131 Å². The van der Waals surface area contributed by atoms with E-state index in [1.54, 1.807) is 0 Å². The van der Waals surface area contributed by atoms with E-state index in [1.165, 1.54) is 12.1 Å². The first-order chi connectivity index (χ1) is 10.6. The fraction of sp³-hybridized carbons (Fsp3) is 0.308. The normalized spacial score (nSPS) is 18.1. The lowest BCUT2D eigenvalue weighted by molar-refractivity contribution is -0.117. The number of nitrogens with zero attached hydrogens (tertiary/aromatic N) is 1. The quantitative estimate of drug-likeness (QED) is 0.706. The van der Waals surface area contributed by atoms with Crippen molar-refractivity contribution in [2.45, 2.75) is 11.7 Å². The van der Waals surface area contributed by atoms with E-state index in [9.17, 15) is 22.8 Å². The van der Waals surface area contributed by atoms with Gasteiger partial charge in [-0.15, -0.1) is 0 Å². The first-order valence-electron chi connectivity index (χ1n) is 6.42. The molecule has 23 heavy (non-hydrogen) atoms. The third-order valence-corrected chi connectivity index (χ3v) is 4.74. The summed E-state index contributed by atoms with van der Waals surface area (Å²) in [6, 6.07) is 3.52. The standard InChI is InChI=1S/C13H14N2O7S/c1-22-13(19)9-3-2-7(12(17)18)4-10(9)15-6-8(5-11(15)16)23(14,20)21/h2-4,8H,5-6H2,1H3,(H,17,18)(H2,14,20,21). The molecule has 1 heterocycles. The number of ether oxygens (including phenoxy) is 1. The molecule has 0 aromatic heterocycles. The Balaban J connectivity index is 2.52. The van der Waals surface area contributed by atoms with Gasteiger partial charge in [-0.1, -0.05) is 0 Å². The van der Waals surface area contributed by atoms with Crippen molar-refractivity contribution in [2.75, 3.05) is 18.6 Å². The van der Waals surface area contributed by atoms with Gasteiger partial charge in [0.05, 0.1) is 23.9 Å². The van der Waals surface area contributed by atoms with E-state index in [4.69, 9.17) is 10.2 Å². The molecule has 124 valence electrons. The third-order valence-electron chi connectivity index (χ3n) is 3.49. The number of methoxy groups -OCH3 is 1. The second-order valence-electron chi connectivity index (χ2n) is 4.95. The molecule has 1 aromatic carbocycles. The molecule has 0 spiro atoms. The van der Waals surface area contributed by atoms with Crippen LogP contribution in [-0.4, -0.2) is 50.3 Å². The summed E-state index contributed by atoms with van der Waals surface area (Å²) in [6.45, 7) is -0.259. The number of aromatic carboxylic acids is 1. The summed E-state index contributed by atoms with van der Waals surface area (Å²) in [6.07, 6.45) is -0.337. The van der Waals surface area contributed by atoms with Crippen molar-refractivity contribution in [3.05, 3.63) is 29.3 Å². The number of hydrogen-bond acceptors (Lipinski definition) is 6. The maximum absolute atomic E-state index is 12.1. The molecule has 0 radical (unpaired) electrons. The molecule has 1 aliphatic heterocycles. The number of carbonyl (C=O) groups excluding carboxylic acids is 2. The Morgan fingerprint density at radius 1 is 1.39 bits per heavy atom. The Hall–Kier alpha value is -2.46. The Morgan fingerprint density at radius 2 is 2.04 bits per heavy atom. The largest absolute Gasteiger partial charge is 0.478 e. The zero-order valence-corrected chi connectivity index (χ0v) is 12.9. The second-order valence-corrected chi connectivity index (χ2v) is 6.79. The monoisotopic (exact) mass is 342 g/mol. The fourth-order valence-electron chi connectivity index (χ4n) is 2.30. The Kier molecular flexibility index (Phi) is 4.39. The summed E-state index contributed by atoms with van der Waals surface area (Å²) >= 11 is 0. The van der Waals surface area contributed by atoms with Gasteiger partial charge in [0.2, 0.25) is 15.9 Å². The molecular formula is C13H14N2O7S. The number of rotatable bonds is 4. The summed E-state index contributed by atoms with van der Waals surface area (Å²) in [7, 11) is -2.80. The van der Waals surface area contributed by atoms with E-state index in [0.29, 0.717) is 0 Å². The molecule has 1 atom stereocenters. The van der Waals surface area contributed by atoms with E-state index in [-0.39, 0.29) is 29.8 Å². The van der Waals surface area contributed by atoms with E-state index < -0.39 is 33.1 Å². The summed E-state index contributed by atoms with van der Waals surface area (Å²) in [4.78, 5) is 36.0. The zero-order chi connectivity index (χ0) is 17.4. The molecule has 1 aromatic rings. The lowest BCUT2D eigenvalue weighted by Gasteiger charge is -2.19. The molecule has 3 N–H and O–H groups in total. The van der Waals surface area contributed by atoms with Gasteiger partial charge in [-0.3, -0.25) is 4.79 Å². The topological polar surface area (TPSA) is 144 Å². The average molecular weight is 342 g/mol. The smallest absolute Gasteiger partial charge is 0.339 e. The minimum Gasteiger partial charge on any atom is -0.478 e. The van der Waals surface area contributed by atoms with Crippen molar-refractivity contribution >= 4 is 33.6 Å². The van der Waals surface area contributed by atoms with E-state index in [1.807, 2.05) is 0 Å². The van der Waals surface area contributed by atoms with E-state index >= 15 is 0 Å². The highest BCUT2D eigenvalue weighted by Crippen LogP contribution is 2.29. The van der Waals surface area contributed by atoms with Gasteiger partial charge in [0.25, 0.3) is 0 Å². The van der Waals surface area contributed by atoms with Crippen LogP contribution in [0.3, 0.4) is 0 Å². The van der Waals surface area contributed by atoms with Gasteiger partial charge in [-0.05, 0) is 18.2 Å². The number of hydrogen-bond donors (Lipinski definition) is 2. The van der Waals surface area contributed by atoms with Crippen LogP contribution in [-0.2, 0) is 19.6 Å². The van der Waals surface area contributed by atoms with E-state index in [2.05, 4.69) is 4.74 Å². The molecule has 0 saturated carbocycles. The van der Waals surface area contributed by atoms with Crippen molar-refractivity contribution < 1.29 is 32.6 Å². The van der Waals surface area contributed by atoms with Crippen LogP contribution in [0.1, 0.15) is 27.1 Å². The van der Waals surface area contributed by atoms with Crippen LogP contribution in [0.5, 0.6) is 0 Å². The van der Waals surface area contributed by atoms with Crippen molar-refractivity contribution in [3.63, 3.8) is 0 Å².